The summed E-state index contributed by atoms with van der Waals surface area (Å²) in [6, 6.07) is 11.4. The minimum absolute atomic E-state index is 0.0466. The maximum Gasteiger partial charge on any atom is 0.240 e. The minimum atomic E-state index is -3.67. The molecule has 0 radical (unpaired) electrons. The number of ether oxygens (including phenoxy) is 1. The van der Waals surface area contributed by atoms with Crippen LogP contribution in [0, 0.1) is 12.7 Å². The van der Waals surface area contributed by atoms with E-state index in [0.717, 1.165) is 23.8 Å². The fraction of sp³-hybridized carbons (Fsp3) is 0.294. The molecule has 6 heteroatoms. The van der Waals surface area contributed by atoms with Crippen LogP contribution in [0.1, 0.15) is 18.1 Å². The quantitative estimate of drug-likeness (QED) is 0.790. The van der Waals surface area contributed by atoms with E-state index in [4.69, 9.17) is 4.74 Å². The van der Waals surface area contributed by atoms with Crippen molar-refractivity contribution in [1.82, 2.24) is 4.72 Å². The summed E-state index contributed by atoms with van der Waals surface area (Å²) in [6.07, 6.45) is 0.844. The molecule has 0 saturated heterocycles. The Kier molecular flexibility index (Phi) is 5.74. The first-order chi connectivity index (χ1) is 10.9. The van der Waals surface area contributed by atoms with Crippen molar-refractivity contribution in [3.8, 4) is 5.75 Å². The minimum Gasteiger partial charge on any atom is -0.492 e. The summed E-state index contributed by atoms with van der Waals surface area (Å²) in [5.41, 5.74) is 1.37. The summed E-state index contributed by atoms with van der Waals surface area (Å²) < 4.78 is 45.6. The van der Waals surface area contributed by atoms with E-state index in [9.17, 15) is 12.8 Å². The lowest BCUT2D eigenvalue weighted by Crippen LogP contribution is -2.28. The Balaban J connectivity index is 1.93. The van der Waals surface area contributed by atoms with Crippen LogP contribution < -0.4 is 9.46 Å². The van der Waals surface area contributed by atoms with Crippen molar-refractivity contribution in [2.24, 2.45) is 0 Å². The van der Waals surface area contributed by atoms with Gasteiger partial charge in [-0.15, -0.1) is 0 Å². The monoisotopic (exact) mass is 337 g/mol. The van der Waals surface area contributed by atoms with E-state index in [-0.39, 0.29) is 18.0 Å². The molecule has 2 rings (SSSR count). The lowest BCUT2D eigenvalue weighted by atomic mass is 10.1. The molecule has 23 heavy (non-hydrogen) atoms. The molecule has 0 amide bonds. The predicted octanol–water partition coefficient (Wildman–Crippen LogP) is 3.05. The maximum atomic E-state index is 13.2. The van der Waals surface area contributed by atoms with Gasteiger partial charge in [0, 0.05) is 6.54 Å². The second-order valence-electron chi connectivity index (χ2n) is 5.12. The van der Waals surface area contributed by atoms with Gasteiger partial charge in [0.15, 0.2) is 0 Å². The molecule has 2 aromatic rings. The van der Waals surface area contributed by atoms with Crippen LogP contribution in [0.15, 0.2) is 47.4 Å². The predicted molar refractivity (Wildman–Crippen MR) is 87.6 cm³/mol. The fourth-order valence-corrected chi connectivity index (χ4v) is 3.24. The van der Waals surface area contributed by atoms with Crippen LogP contribution in [0.25, 0.3) is 0 Å². The van der Waals surface area contributed by atoms with E-state index in [1.165, 1.54) is 19.1 Å². The fourth-order valence-electron chi connectivity index (χ4n) is 2.14. The molecule has 0 aromatic heterocycles. The maximum absolute atomic E-state index is 13.2. The van der Waals surface area contributed by atoms with Gasteiger partial charge in [-0.25, -0.2) is 17.5 Å². The highest BCUT2D eigenvalue weighted by molar-refractivity contribution is 7.89. The molecule has 0 fully saturated rings. The van der Waals surface area contributed by atoms with Crippen molar-refractivity contribution in [1.29, 1.82) is 0 Å². The number of hydrogen-bond donors (Lipinski definition) is 1. The summed E-state index contributed by atoms with van der Waals surface area (Å²) in [6.45, 7) is 3.91. The van der Waals surface area contributed by atoms with Crippen LogP contribution in [0.5, 0.6) is 5.75 Å². The SMILES string of the molecule is CCc1ccccc1OCCNS(=O)(=O)c1ccc(F)c(C)c1. The number of nitrogens with one attached hydrogen (secondary N) is 1. The van der Waals surface area contributed by atoms with Gasteiger partial charge < -0.3 is 4.74 Å². The number of halogens is 1. The number of benzene rings is 2. The summed E-state index contributed by atoms with van der Waals surface area (Å²) in [5.74, 6) is 0.329. The summed E-state index contributed by atoms with van der Waals surface area (Å²) in [7, 11) is -3.67. The molecule has 0 aliphatic heterocycles. The first kappa shape index (κ1) is 17.4. The first-order valence-corrected chi connectivity index (χ1v) is 8.89. The van der Waals surface area contributed by atoms with Crippen LogP contribution in [0.3, 0.4) is 0 Å². The van der Waals surface area contributed by atoms with Crippen LogP contribution in [0.4, 0.5) is 4.39 Å². The Bertz CT molecular complexity index is 775. The third-order valence-corrected chi connectivity index (χ3v) is 4.90. The van der Waals surface area contributed by atoms with Crippen LogP contribution in [-0.4, -0.2) is 21.6 Å². The Labute approximate surface area is 136 Å². The number of para-hydroxylation sites is 1. The Hall–Kier alpha value is -1.92. The highest BCUT2D eigenvalue weighted by atomic mass is 32.2. The van der Waals surface area contributed by atoms with Gasteiger partial charge in [0.2, 0.25) is 10.0 Å². The molecule has 0 spiro atoms. The third kappa shape index (κ3) is 4.53. The summed E-state index contributed by atoms with van der Waals surface area (Å²) >= 11 is 0. The van der Waals surface area contributed by atoms with Crippen LogP contribution in [0.2, 0.25) is 0 Å². The smallest absolute Gasteiger partial charge is 0.240 e. The number of rotatable bonds is 7. The van der Waals surface area contributed by atoms with E-state index in [1.807, 2.05) is 31.2 Å². The molecule has 0 bridgehead atoms. The van der Waals surface area contributed by atoms with Gasteiger partial charge in [-0.1, -0.05) is 25.1 Å². The van der Waals surface area contributed by atoms with Crippen molar-refractivity contribution < 1.29 is 17.5 Å². The topological polar surface area (TPSA) is 55.4 Å². The van der Waals surface area contributed by atoms with Crippen LogP contribution >= 0.6 is 0 Å². The van der Waals surface area contributed by atoms with Crippen molar-refractivity contribution in [3.63, 3.8) is 0 Å². The van der Waals surface area contributed by atoms with Crippen molar-refractivity contribution in [2.45, 2.75) is 25.2 Å². The molecular weight excluding hydrogens is 317 g/mol. The largest absolute Gasteiger partial charge is 0.492 e. The Morgan fingerprint density at radius 3 is 2.61 bits per heavy atom. The molecule has 0 aliphatic rings. The van der Waals surface area contributed by atoms with E-state index in [1.54, 1.807) is 0 Å². The van der Waals surface area contributed by atoms with E-state index < -0.39 is 15.8 Å². The molecule has 0 unspecified atom stereocenters. The summed E-state index contributed by atoms with van der Waals surface area (Å²) in [5, 5.41) is 0. The van der Waals surface area contributed by atoms with Gasteiger partial charge in [-0.3, -0.25) is 0 Å². The van der Waals surface area contributed by atoms with Crippen molar-refractivity contribution in [3.05, 3.63) is 59.4 Å². The first-order valence-electron chi connectivity index (χ1n) is 7.40. The zero-order chi connectivity index (χ0) is 16.9. The number of sulfonamides is 1. The molecule has 4 nitrogen and oxygen atoms in total. The average molecular weight is 337 g/mol. The van der Waals surface area contributed by atoms with Gasteiger partial charge in [0.1, 0.15) is 18.2 Å². The van der Waals surface area contributed by atoms with Gasteiger partial charge in [0.25, 0.3) is 0 Å². The van der Waals surface area contributed by atoms with Crippen molar-refractivity contribution in [2.75, 3.05) is 13.2 Å². The standard InChI is InChI=1S/C17H20FNO3S/c1-3-14-6-4-5-7-17(14)22-11-10-19-23(20,21)15-8-9-16(18)13(2)12-15/h4-9,12,19H,3,10-11H2,1-2H3. The van der Waals surface area contributed by atoms with E-state index >= 15 is 0 Å². The second kappa shape index (κ2) is 7.57. The molecule has 1 N–H and O–H groups in total. The molecule has 0 aliphatic carbocycles. The molecule has 0 saturated carbocycles. The van der Waals surface area contributed by atoms with E-state index in [0.29, 0.717) is 5.56 Å². The lowest BCUT2D eigenvalue weighted by molar-refractivity contribution is 0.320. The molecule has 0 atom stereocenters. The van der Waals surface area contributed by atoms with E-state index in [2.05, 4.69) is 4.72 Å². The Morgan fingerprint density at radius 2 is 1.91 bits per heavy atom. The zero-order valence-corrected chi connectivity index (χ0v) is 14.0. The number of hydrogen-bond acceptors (Lipinski definition) is 3. The Morgan fingerprint density at radius 1 is 1.17 bits per heavy atom. The number of aryl methyl sites for hydroxylation is 2. The van der Waals surface area contributed by atoms with Crippen molar-refractivity contribution >= 4 is 10.0 Å². The van der Waals surface area contributed by atoms with Gasteiger partial charge in [-0.05, 0) is 48.7 Å². The normalized spacial score (nSPS) is 11.4. The van der Waals surface area contributed by atoms with Gasteiger partial charge in [-0.2, -0.15) is 0 Å². The van der Waals surface area contributed by atoms with Gasteiger partial charge >= 0.3 is 0 Å². The molecular formula is C17H20FNO3S. The van der Waals surface area contributed by atoms with Gasteiger partial charge in [0.05, 0.1) is 4.90 Å². The second-order valence-corrected chi connectivity index (χ2v) is 6.89. The average Bonchev–Trinajstić information content (AvgIpc) is 2.54. The molecule has 0 heterocycles. The molecule has 2 aromatic carbocycles. The third-order valence-electron chi connectivity index (χ3n) is 3.44. The highest BCUT2D eigenvalue weighted by Crippen LogP contribution is 2.18. The zero-order valence-electron chi connectivity index (χ0n) is 13.2. The highest BCUT2D eigenvalue weighted by Gasteiger charge is 2.14. The van der Waals surface area contributed by atoms with Crippen LogP contribution in [-0.2, 0) is 16.4 Å². The molecule has 124 valence electrons. The summed E-state index contributed by atoms with van der Waals surface area (Å²) in [4.78, 5) is 0.0466. The lowest BCUT2D eigenvalue weighted by Gasteiger charge is -2.11.